The summed E-state index contributed by atoms with van der Waals surface area (Å²) in [5.41, 5.74) is 1.22. The molecule has 0 heterocycles. The third-order valence-corrected chi connectivity index (χ3v) is 5.76. The molecule has 0 fully saturated rings. The maximum Gasteiger partial charge on any atom is 0.242 e. The first-order valence-electron chi connectivity index (χ1n) is 8.59. The van der Waals surface area contributed by atoms with Crippen LogP contribution in [0.15, 0.2) is 42.5 Å². The van der Waals surface area contributed by atoms with E-state index in [-0.39, 0.29) is 29.9 Å². The summed E-state index contributed by atoms with van der Waals surface area (Å²) in [6.45, 7) is 1.83. The molecule has 0 saturated carbocycles. The number of rotatable bonds is 8. The van der Waals surface area contributed by atoms with E-state index in [2.05, 4.69) is 5.32 Å². The van der Waals surface area contributed by atoms with E-state index in [1.165, 1.54) is 29.8 Å². The topological polar surface area (TPSA) is 49.4 Å². The average Bonchev–Trinajstić information content (AvgIpc) is 2.67. The first-order valence-corrected chi connectivity index (χ1v) is 10.5. The Balaban J connectivity index is 2.10. The second-order valence-electron chi connectivity index (χ2n) is 6.13. The van der Waals surface area contributed by atoms with Gasteiger partial charge in [0.05, 0.1) is 5.75 Å². The molecular weight excluding hydrogens is 422 g/mol. The van der Waals surface area contributed by atoms with Crippen molar-refractivity contribution in [1.29, 1.82) is 0 Å². The Kier molecular flexibility index (Phi) is 8.60. The Bertz CT molecular complexity index is 851. The standard InChI is InChI=1S/C20H21Cl2FN2O2S/c1-13(20(27)24-2)25(10-14-7-8-16(21)9-17(14)22)19(26)12-28-11-15-5-3-4-6-18(15)23/h3-9,13H,10-12H2,1-2H3,(H,24,27). The molecule has 0 aliphatic carbocycles. The Morgan fingerprint density at radius 1 is 1.18 bits per heavy atom. The lowest BCUT2D eigenvalue weighted by Gasteiger charge is -2.28. The van der Waals surface area contributed by atoms with Crippen molar-refractivity contribution in [2.24, 2.45) is 0 Å². The fourth-order valence-corrected chi connectivity index (χ4v) is 3.94. The van der Waals surface area contributed by atoms with Crippen LogP contribution in [0, 0.1) is 5.82 Å². The van der Waals surface area contributed by atoms with Gasteiger partial charge in [-0.1, -0.05) is 47.5 Å². The summed E-state index contributed by atoms with van der Waals surface area (Å²) in [7, 11) is 1.52. The van der Waals surface area contributed by atoms with Gasteiger partial charge in [-0.2, -0.15) is 0 Å². The van der Waals surface area contributed by atoms with Crippen LogP contribution in [0.4, 0.5) is 4.39 Å². The van der Waals surface area contributed by atoms with Crippen molar-refractivity contribution < 1.29 is 14.0 Å². The van der Waals surface area contributed by atoms with Gasteiger partial charge in [-0.15, -0.1) is 11.8 Å². The smallest absolute Gasteiger partial charge is 0.242 e. The Labute approximate surface area is 178 Å². The molecule has 0 saturated heterocycles. The Morgan fingerprint density at radius 2 is 1.89 bits per heavy atom. The fourth-order valence-electron chi connectivity index (χ4n) is 2.57. The molecule has 2 rings (SSSR count). The SMILES string of the molecule is CNC(=O)C(C)N(Cc1ccc(Cl)cc1Cl)C(=O)CSCc1ccccc1F. The van der Waals surface area contributed by atoms with Gasteiger partial charge in [0.25, 0.3) is 0 Å². The van der Waals surface area contributed by atoms with Crippen LogP contribution in [0.5, 0.6) is 0 Å². The van der Waals surface area contributed by atoms with E-state index < -0.39 is 6.04 Å². The molecule has 2 aromatic rings. The zero-order valence-corrected chi connectivity index (χ0v) is 17.9. The number of amides is 2. The van der Waals surface area contributed by atoms with Gasteiger partial charge >= 0.3 is 0 Å². The highest BCUT2D eigenvalue weighted by Gasteiger charge is 2.26. The van der Waals surface area contributed by atoms with Gasteiger partial charge in [0.15, 0.2) is 0 Å². The van der Waals surface area contributed by atoms with Gasteiger partial charge in [0.1, 0.15) is 11.9 Å². The van der Waals surface area contributed by atoms with Crippen LogP contribution in [-0.2, 0) is 21.9 Å². The van der Waals surface area contributed by atoms with E-state index in [0.29, 0.717) is 26.9 Å². The second kappa shape index (κ2) is 10.7. The fraction of sp³-hybridized carbons (Fsp3) is 0.300. The summed E-state index contributed by atoms with van der Waals surface area (Å²) in [5, 5.41) is 3.47. The van der Waals surface area contributed by atoms with Gasteiger partial charge in [0.2, 0.25) is 11.8 Å². The highest BCUT2D eigenvalue weighted by molar-refractivity contribution is 7.99. The monoisotopic (exact) mass is 442 g/mol. The van der Waals surface area contributed by atoms with Crippen molar-refractivity contribution in [3.63, 3.8) is 0 Å². The maximum atomic E-state index is 13.7. The van der Waals surface area contributed by atoms with Gasteiger partial charge in [-0.25, -0.2) is 4.39 Å². The average molecular weight is 443 g/mol. The molecule has 8 heteroatoms. The predicted octanol–water partition coefficient (Wildman–Crippen LogP) is 4.53. The van der Waals surface area contributed by atoms with Crippen LogP contribution in [0.1, 0.15) is 18.1 Å². The number of hydrogen-bond acceptors (Lipinski definition) is 3. The molecule has 2 aromatic carbocycles. The highest BCUT2D eigenvalue weighted by Crippen LogP contribution is 2.24. The van der Waals surface area contributed by atoms with Crippen LogP contribution in [0.2, 0.25) is 10.0 Å². The Morgan fingerprint density at radius 3 is 2.54 bits per heavy atom. The lowest BCUT2D eigenvalue weighted by molar-refractivity contribution is -0.138. The number of carbonyl (C=O) groups is 2. The quantitative estimate of drug-likeness (QED) is 0.653. The first-order chi connectivity index (χ1) is 13.3. The molecule has 4 nitrogen and oxygen atoms in total. The van der Waals surface area contributed by atoms with Gasteiger partial charge in [-0.3, -0.25) is 9.59 Å². The summed E-state index contributed by atoms with van der Waals surface area (Å²) >= 11 is 13.5. The van der Waals surface area contributed by atoms with E-state index in [9.17, 15) is 14.0 Å². The van der Waals surface area contributed by atoms with Crippen molar-refractivity contribution in [2.75, 3.05) is 12.8 Å². The lowest BCUT2D eigenvalue weighted by atomic mass is 10.1. The van der Waals surface area contributed by atoms with Gasteiger partial charge in [0, 0.05) is 29.4 Å². The molecule has 0 radical (unpaired) electrons. The van der Waals surface area contributed by atoms with E-state index in [4.69, 9.17) is 23.2 Å². The summed E-state index contributed by atoms with van der Waals surface area (Å²) in [4.78, 5) is 26.4. The van der Waals surface area contributed by atoms with Crippen LogP contribution in [-0.4, -0.2) is 35.6 Å². The van der Waals surface area contributed by atoms with Gasteiger partial charge in [-0.05, 0) is 36.2 Å². The van der Waals surface area contributed by atoms with Crippen molar-refractivity contribution in [2.45, 2.75) is 25.3 Å². The van der Waals surface area contributed by atoms with Gasteiger partial charge < -0.3 is 10.2 Å². The molecular formula is C20H21Cl2FN2O2S. The Hall–Kier alpha value is -1.76. The molecule has 0 spiro atoms. The lowest BCUT2D eigenvalue weighted by Crippen LogP contribution is -2.47. The predicted molar refractivity (Wildman–Crippen MR) is 113 cm³/mol. The second-order valence-corrected chi connectivity index (χ2v) is 7.96. The number of likely N-dealkylation sites (N-methyl/N-ethyl adjacent to an activating group) is 1. The minimum atomic E-state index is -0.682. The third kappa shape index (κ3) is 6.12. The molecule has 1 atom stereocenters. The number of hydrogen-bond donors (Lipinski definition) is 1. The van der Waals surface area contributed by atoms with E-state index in [0.717, 1.165) is 0 Å². The minimum absolute atomic E-state index is 0.112. The summed E-state index contributed by atoms with van der Waals surface area (Å²) in [6.07, 6.45) is 0. The normalized spacial score (nSPS) is 11.8. The number of carbonyl (C=O) groups excluding carboxylic acids is 2. The third-order valence-electron chi connectivity index (χ3n) is 4.21. The van der Waals surface area contributed by atoms with Crippen LogP contribution >= 0.6 is 35.0 Å². The number of nitrogens with zero attached hydrogens (tertiary/aromatic N) is 1. The number of halogens is 3. The first kappa shape index (κ1) is 22.5. The number of nitrogens with one attached hydrogen (secondary N) is 1. The minimum Gasteiger partial charge on any atom is -0.357 e. The van der Waals surface area contributed by atoms with Crippen molar-refractivity contribution >= 4 is 46.8 Å². The molecule has 1 N–H and O–H groups in total. The summed E-state index contributed by atoms with van der Waals surface area (Å²) in [6, 6.07) is 10.8. The van der Waals surface area contributed by atoms with Crippen LogP contribution in [0.25, 0.3) is 0 Å². The van der Waals surface area contributed by atoms with Crippen molar-refractivity contribution in [3.05, 3.63) is 69.5 Å². The zero-order valence-electron chi connectivity index (χ0n) is 15.5. The molecule has 150 valence electrons. The van der Waals surface area contributed by atoms with Crippen molar-refractivity contribution in [3.8, 4) is 0 Å². The summed E-state index contributed by atoms with van der Waals surface area (Å²) in [5.74, 6) is -0.338. The number of benzene rings is 2. The highest BCUT2D eigenvalue weighted by atomic mass is 35.5. The van der Waals surface area contributed by atoms with Crippen LogP contribution < -0.4 is 5.32 Å². The maximum absolute atomic E-state index is 13.7. The molecule has 1 unspecified atom stereocenters. The van der Waals surface area contributed by atoms with Crippen LogP contribution in [0.3, 0.4) is 0 Å². The van der Waals surface area contributed by atoms with E-state index in [1.54, 1.807) is 43.3 Å². The molecule has 28 heavy (non-hydrogen) atoms. The van der Waals surface area contributed by atoms with E-state index >= 15 is 0 Å². The zero-order chi connectivity index (χ0) is 20.7. The molecule has 0 aliphatic rings. The molecule has 0 bridgehead atoms. The molecule has 0 aliphatic heterocycles. The summed E-state index contributed by atoms with van der Waals surface area (Å²) < 4.78 is 13.7. The van der Waals surface area contributed by atoms with Crippen molar-refractivity contribution in [1.82, 2.24) is 10.2 Å². The molecule has 2 amide bonds. The molecule has 0 aromatic heterocycles. The van der Waals surface area contributed by atoms with E-state index in [1.807, 2.05) is 0 Å². The number of thioether (sulfide) groups is 1. The largest absolute Gasteiger partial charge is 0.357 e.